The molecule has 27 rings (SSSR count). The van der Waals surface area contributed by atoms with Crippen LogP contribution < -0.4 is 9.80 Å². The number of hydrogen-bond acceptors (Lipinski definition) is 6. The van der Waals surface area contributed by atoms with Gasteiger partial charge in [-0.05, 0) is 317 Å². The summed E-state index contributed by atoms with van der Waals surface area (Å²) in [7, 11) is 0. The fourth-order valence-corrected chi connectivity index (χ4v) is 22.0. The molecule has 7 heterocycles. The maximum atomic E-state index is 6.90. The summed E-state index contributed by atoms with van der Waals surface area (Å²) in [5.41, 5.74) is 34.8. The molecular weight excluding hydrogens is 1750 g/mol. The van der Waals surface area contributed by atoms with Crippen molar-refractivity contribution in [2.75, 3.05) is 9.80 Å². The number of furan rings is 4. The maximum Gasteiger partial charge on any atom is 0.137 e. The second-order valence-corrected chi connectivity index (χ2v) is 38.0. The summed E-state index contributed by atoms with van der Waals surface area (Å²) in [6.45, 7) is 13.4. The largest absolute Gasteiger partial charge is 0.456 e. The molecule has 0 aliphatic rings. The van der Waals surface area contributed by atoms with Crippen LogP contribution in [0.3, 0.4) is 0 Å². The van der Waals surface area contributed by atoms with Crippen molar-refractivity contribution in [3.63, 3.8) is 0 Å². The van der Waals surface area contributed by atoms with E-state index in [0.29, 0.717) is 10.0 Å². The Balaban J connectivity index is 0.000000148. The van der Waals surface area contributed by atoms with Gasteiger partial charge in [0.05, 0.1) is 33.1 Å². The molecule has 140 heavy (non-hydrogen) atoms. The molecule has 0 saturated carbocycles. The van der Waals surface area contributed by atoms with Gasteiger partial charge in [-0.15, -0.1) is 0 Å². The summed E-state index contributed by atoms with van der Waals surface area (Å²) in [6.07, 6.45) is 6.99. The minimum Gasteiger partial charge on any atom is -0.456 e. The number of hydrogen-bond donors (Lipinski definition) is 0. The molecule has 0 bridgehead atoms. The van der Waals surface area contributed by atoms with Crippen molar-refractivity contribution >= 4 is 232 Å². The second kappa shape index (κ2) is 35.1. The monoisotopic (exact) mass is 1850 g/mol. The van der Waals surface area contributed by atoms with Crippen molar-refractivity contribution in [2.24, 2.45) is 0 Å². The third-order valence-corrected chi connectivity index (χ3v) is 29.1. The zero-order valence-corrected chi connectivity index (χ0v) is 80.1. The smallest absolute Gasteiger partial charge is 0.137 e. The minimum atomic E-state index is 0.670. The number of nitrogens with zero attached hydrogens (tertiary/aromatic N) is 5. The number of benzene rings is 20. The Labute approximate surface area is 819 Å². The van der Waals surface area contributed by atoms with Gasteiger partial charge in [0.25, 0.3) is 0 Å². The molecule has 0 amide bonds. The van der Waals surface area contributed by atoms with E-state index in [-0.39, 0.29) is 0 Å². The fraction of sp³-hybridized carbons (Fsp3) is 0.101. The van der Waals surface area contributed by atoms with Crippen LogP contribution in [0.4, 0.5) is 34.1 Å². The van der Waals surface area contributed by atoms with Crippen LogP contribution in [0.1, 0.15) is 86.1 Å². The lowest BCUT2D eigenvalue weighted by Gasteiger charge is -2.25. The molecule has 676 valence electrons. The van der Waals surface area contributed by atoms with Crippen LogP contribution in [0.5, 0.6) is 0 Å². The molecule has 0 atom stereocenters. The SMILES string of the molecule is CCc1cc(CC)cc(-n2c3ccccc3c3ccc(Cc4ccccc4)cc32)c1.CCc1cc(CC)cc(-n2c3ccccc3c3ccc(N(c4ccccc4)c4ccc5c(c4)oc4cc6cc7c(cc6cc45)oc4cc(N(c5ccccc5)c5ccc6c8ccccc8n(-c8cc(CC)cc(CC)c8)c6c5)ccc47)cc32)c1.Clc1ccc2c(c1)oc1cc3cc4c(cc3cc12)oc1cc(Cl)ccc14. The molecule has 0 aliphatic carbocycles. The van der Waals surface area contributed by atoms with Gasteiger partial charge < -0.3 is 41.2 Å². The van der Waals surface area contributed by atoms with E-state index in [1.54, 1.807) is 0 Å². The van der Waals surface area contributed by atoms with Crippen LogP contribution in [0.2, 0.25) is 10.0 Å². The first-order chi connectivity index (χ1) is 68.8. The molecule has 0 N–H and O–H groups in total. The van der Waals surface area contributed by atoms with Crippen LogP contribution in [0.25, 0.3) is 192 Å². The zero-order chi connectivity index (χ0) is 94.1. The van der Waals surface area contributed by atoms with Gasteiger partial charge in [-0.25, -0.2) is 0 Å². The van der Waals surface area contributed by atoms with Crippen LogP contribution in [0.15, 0.2) is 412 Å². The summed E-state index contributed by atoms with van der Waals surface area (Å²) in [5.74, 6) is 0. The molecule has 0 spiro atoms. The van der Waals surface area contributed by atoms with E-state index < -0.39 is 0 Å². The maximum absolute atomic E-state index is 6.90. The van der Waals surface area contributed by atoms with Gasteiger partial charge in [-0.3, -0.25) is 0 Å². The highest BCUT2D eigenvalue weighted by Crippen LogP contribution is 2.48. The van der Waals surface area contributed by atoms with Gasteiger partial charge in [0.15, 0.2) is 0 Å². The Bertz CT molecular complexity index is 9110. The third kappa shape index (κ3) is 15.0. The van der Waals surface area contributed by atoms with Gasteiger partial charge in [0, 0.05) is 161 Å². The normalized spacial score (nSPS) is 11.9. The lowest BCUT2D eigenvalue weighted by molar-refractivity contribution is 0.668. The van der Waals surface area contributed by atoms with Crippen molar-refractivity contribution in [3.8, 4) is 17.1 Å². The quantitative estimate of drug-likeness (QED) is 0.0904. The van der Waals surface area contributed by atoms with E-state index in [4.69, 9.17) is 40.9 Å². The second-order valence-electron chi connectivity index (χ2n) is 37.1. The number of fused-ring (bicyclic) bond motifs is 23. The van der Waals surface area contributed by atoms with E-state index >= 15 is 0 Å². The molecule has 11 heteroatoms. The number of aromatic nitrogens is 3. The third-order valence-electron chi connectivity index (χ3n) is 28.6. The van der Waals surface area contributed by atoms with Crippen LogP contribution in [-0.2, 0) is 44.9 Å². The molecule has 20 aromatic carbocycles. The van der Waals surface area contributed by atoms with E-state index in [1.165, 1.54) is 127 Å². The number of rotatable bonds is 17. The molecule has 27 aromatic rings. The number of aryl methyl sites for hydroxylation is 6. The first kappa shape index (κ1) is 85.4. The summed E-state index contributed by atoms with van der Waals surface area (Å²) < 4.78 is 33.2. The number of halogens is 2. The molecule has 0 saturated heterocycles. The van der Waals surface area contributed by atoms with E-state index in [1.807, 2.05) is 36.4 Å². The predicted molar refractivity (Wildman–Crippen MR) is 591 cm³/mol. The summed E-state index contributed by atoms with van der Waals surface area (Å²) in [6, 6.07) is 143. The summed E-state index contributed by atoms with van der Waals surface area (Å²) in [4.78, 5) is 4.70. The molecule has 0 unspecified atom stereocenters. The first-order valence-electron chi connectivity index (χ1n) is 48.9. The van der Waals surface area contributed by atoms with Crippen molar-refractivity contribution in [3.05, 3.63) is 449 Å². The zero-order valence-electron chi connectivity index (χ0n) is 78.6. The molecule has 0 radical (unpaired) electrons. The molecule has 0 fully saturated rings. The highest BCUT2D eigenvalue weighted by Gasteiger charge is 2.26. The molecular formula is C129H97Cl2N5O4. The van der Waals surface area contributed by atoms with Crippen molar-refractivity contribution < 1.29 is 17.7 Å². The van der Waals surface area contributed by atoms with E-state index in [0.717, 1.165) is 188 Å². The Morgan fingerprint density at radius 2 is 0.450 bits per heavy atom. The van der Waals surface area contributed by atoms with Gasteiger partial charge in [0.2, 0.25) is 0 Å². The highest BCUT2D eigenvalue weighted by atomic mass is 35.5. The lowest BCUT2D eigenvalue weighted by atomic mass is 10.0. The number of anilines is 6. The summed E-state index contributed by atoms with van der Waals surface area (Å²) >= 11 is 12.2. The first-order valence-corrected chi connectivity index (χ1v) is 49.6. The number of para-hydroxylation sites is 5. The standard InChI is InChI=1S/C78H60N4O2.C29H27N.C22H10Cl2O2/c1-5-49-35-50(6-2)38-61(37-49)81-71-25-17-15-23-63(71)65-31-27-57(45-73(65)81)79(55-19-11-9-12-20-55)59-29-33-67-69-41-53-44-76-70(42-54(53)43-75(69)83-77(67)47-59)68-34-30-60(48-78(68)84-76)80(56-21-13-10-14-22-56)58-28-32-66-64-24-16-18-26-72(64)82(74(66)46-58)62-39-51(7-3)36-52(8-4)40-62;1-3-21-16-22(4-2)19-25(18-21)30-28-13-9-8-12-26(28)27-15-14-24(20-29(27)30)17-23-10-6-5-7-11-23;23-13-1-3-15-17-5-11-8-20-18(16-4-2-14(24)10-22(16)26-20)6-12(11)7-19(17)25-21(15)9-13/h9-48H,5-8H2,1-4H3;5-16,18-20H,3-4,17H2,1-2H3;1-10H. The van der Waals surface area contributed by atoms with E-state index in [2.05, 4.69) is 423 Å². The van der Waals surface area contributed by atoms with Gasteiger partial charge in [-0.2, -0.15) is 0 Å². The molecule has 7 aromatic heterocycles. The van der Waals surface area contributed by atoms with Crippen molar-refractivity contribution in [1.29, 1.82) is 0 Å². The molecule has 9 nitrogen and oxygen atoms in total. The highest BCUT2D eigenvalue weighted by molar-refractivity contribution is 6.32. The van der Waals surface area contributed by atoms with Crippen LogP contribution >= 0.6 is 23.2 Å². The van der Waals surface area contributed by atoms with Gasteiger partial charge in [0.1, 0.15) is 44.7 Å². The van der Waals surface area contributed by atoms with Crippen molar-refractivity contribution in [1.82, 2.24) is 13.7 Å². The minimum absolute atomic E-state index is 0.670. The topological polar surface area (TPSA) is 73.8 Å². The molecule has 0 aliphatic heterocycles. The van der Waals surface area contributed by atoms with Crippen molar-refractivity contribution in [2.45, 2.75) is 86.5 Å². The fourth-order valence-electron chi connectivity index (χ4n) is 21.7. The van der Waals surface area contributed by atoms with Crippen LogP contribution in [-0.4, -0.2) is 13.7 Å². The van der Waals surface area contributed by atoms with Gasteiger partial charge >= 0.3 is 0 Å². The summed E-state index contributed by atoms with van der Waals surface area (Å²) in [5, 5.41) is 21.8. The predicted octanol–water partition coefficient (Wildman–Crippen LogP) is 37.5. The lowest BCUT2D eigenvalue weighted by Crippen LogP contribution is -2.10. The Kier molecular flexibility index (Phi) is 21.4. The van der Waals surface area contributed by atoms with E-state index in [9.17, 15) is 0 Å². The Hall–Kier alpha value is -16.3. The average Bonchev–Trinajstić information content (AvgIpc) is 1.59. The van der Waals surface area contributed by atoms with Crippen LogP contribution in [0, 0.1) is 0 Å². The average molecular weight is 1850 g/mol. The van der Waals surface area contributed by atoms with Gasteiger partial charge in [-0.1, -0.05) is 229 Å². The Morgan fingerprint density at radius 1 is 0.186 bits per heavy atom. The Morgan fingerprint density at radius 3 is 0.786 bits per heavy atom.